The van der Waals surface area contributed by atoms with Gasteiger partial charge in [0.25, 0.3) is 5.91 Å². The number of nitrogens with one attached hydrogen (secondary N) is 1. The lowest BCUT2D eigenvalue weighted by Gasteiger charge is -2.52. The molecular formula is C23H26F6N4O6S. The van der Waals surface area contributed by atoms with E-state index in [-0.39, 0.29) is 11.5 Å². The number of carbonyl (C=O) groups is 3. The maximum Gasteiger partial charge on any atom is 0.490 e. The Morgan fingerprint density at radius 3 is 2.17 bits per heavy atom. The molecule has 2 aromatic heterocycles. The number of hydrogen-bond donors (Lipinski definition) is 3. The summed E-state index contributed by atoms with van der Waals surface area (Å²) < 4.78 is 69.7. The molecule has 1 atom stereocenters. The van der Waals surface area contributed by atoms with E-state index in [9.17, 15) is 31.1 Å². The molecule has 4 heterocycles. The van der Waals surface area contributed by atoms with E-state index in [0.717, 1.165) is 44.8 Å². The van der Waals surface area contributed by atoms with E-state index in [1.807, 2.05) is 5.51 Å². The summed E-state index contributed by atoms with van der Waals surface area (Å²) in [6.07, 6.45) is -4.74. The Bertz CT molecular complexity index is 1100. The topological polar surface area (TPSA) is 142 Å². The van der Waals surface area contributed by atoms with Crippen LogP contribution in [0, 0.1) is 12.8 Å². The van der Waals surface area contributed by atoms with Crippen molar-refractivity contribution in [2.24, 2.45) is 5.92 Å². The first-order valence-corrected chi connectivity index (χ1v) is 12.4. The number of pyridine rings is 1. The van der Waals surface area contributed by atoms with Gasteiger partial charge in [0.05, 0.1) is 29.0 Å². The summed E-state index contributed by atoms with van der Waals surface area (Å²) >= 11 is 1.73. The number of hydrogen-bond acceptors (Lipinski definition) is 8. The largest absolute Gasteiger partial charge is 0.490 e. The average molecular weight is 601 g/mol. The number of carboxylic acid groups (broad SMARTS) is 2. The molecule has 0 aliphatic carbocycles. The van der Waals surface area contributed by atoms with Gasteiger partial charge in [-0.3, -0.25) is 14.7 Å². The quantitative estimate of drug-likeness (QED) is 0.440. The predicted octanol–water partition coefficient (Wildman–Crippen LogP) is 3.52. The van der Waals surface area contributed by atoms with Gasteiger partial charge in [-0.2, -0.15) is 26.3 Å². The smallest absolute Gasteiger partial charge is 0.475 e. The number of aliphatic carboxylic acids is 2. The highest BCUT2D eigenvalue weighted by Gasteiger charge is 2.46. The van der Waals surface area contributed by atoms with E-state index >= 15 is 0 Å². The van der Waals surface area contributed by atoms with E-state index < -0.39 is 24.3 Å². The number of amides is 1. The van der Waals surface area contributed by atoms with Crippen molar-refractivity contribution < 1.29 is 55.7 Å². The molecule has 0 bridgehead atoms. The Hall–Kier alpha value is -3.31. The molecule has 1 unspecified atom stereocenters. The molecule has 1 spiro atoms. The number of likely N-dealkylation sites (tertiary alicyclic amines) is 1. The number of alkyl halides is 6. The molecule has 2 aromatic rings. The van der Waals surface area contributed by atoms with Gasteiger partial charge in [0.15, 0.2) is 0 Å². The lowest BCUT2D eigenvalue weighted by atomic mass is 9.83. The highest BCUT2D eigenvalue weighted by molar-refractivity contribution is 7.09. The Morgan fingerprint density at radius 1 is 1.15 bits per heavy atom. The van der Waals surface area contributed by atoms with Crippen LogP contribution in [0.5, 0.6) is 0 Å². The third kappa shape index (κ3) is 10.3. The second-order valence-corrected chi connectivity index (χ2v) is 9.90. The number of aromatic nitrogens is 2. The van der Waals surface area contributed by atoms with E-state index in [0.29, 0.717) is 18.0 Å². The molecule has 0 radical (unpaired) electrons. The van der Waals surface area contributed by atoms with Crippen LogP contribution in [-0.4, -0.2) is 87.1 Å². The molecule has 2 aliphatic rings. The van der Waals surface area contributed by atoms with Crippen molar-refractivity contribution in [1.82, 2.24) is 20.2 Å². The molecule has 4 rings (SSSR count). The Kier molecular flexibility index (Phi) is 11.4. The number of carbonyl (C=O) groups excluding carboxylic acids is 1. The molecule has 0 aromatic carbocycles. The van der Waals surface area contributed by atoms with Crippen molar-refractivity contribution in [3.8, 4) is 0 Å². The normalized spacial score (nSPS) is 18.3. The van der Waals surface area contributed by atoms with Crippen LogP contribution in [0.4, 0.5) is 26.3 Å². The van der Waals surface area contributed by atoms with Gasteiger partial charge in [-0.15, -0.1) is 11.3 Å². The van der Waals surface area contributed by atoms with Crippen LogP contribution in [0.3, 0.4) is 0 Å². The number of thiazole rings is 1. The number of ether oxygens (including phenoxy) is 1. The van der Waals surface area contributed by atoms with Crippen LogP contribution in [0.2, 0.25) is 0 Å². The summed E-state index contributed by atoms with van der Waals surface area (Å²) in [6.45, 7) is 6.43. The second kappa shape index (κ2) is 13.8. The number of carboxylic acids is 2. The molecule has 2 fully saturated rings. The summed E-state index contributed by atoms with van der Waals surface area (Å²) in [5.74, 6) is -5.19. The lowest BCUT2D eigenvalue weighted by Crippen LogP contribution is -2.64. The molecule has 40 heavy (non-hydrogen) atoms. The predicted molar refractivity (Wildman–Crippen MR) is 127 cm³/mol. The number of aryl methyl sites for hydroxylation is 1. The van der Waals surface area contributed by atoms with Crippen molar-refractivity contribution in [3.63, 3.8) is 0 Å². The summed E-state index contributed by atoms with van der Waals surface area (Å²) in [7, 11) is 0. The fraction of sp³-hybridized carbons (Fsp3) is 0.522. The van der Waals surface area contributed by atoms with Gasteiger partial charge in [0.1, 0.15) is 0 Å². The Morgan fingerprint density at radius 2 is 1.75 bits per heavy atom. The van der Waals surface area contributed by atoms with Crippen molar-refractivity contribution in [1.29, 1.82) is 0 Å². The van der Waals surface area contributed by atoms with E-state index in [1.165, 1.54) is 4.88 Å². The van der Waals surface area contributed by atoms with Crippen LogP contribution in [0.25, 0.3) is 0 Å². The van der Waals surface area contributed by atoms with Gasteiger partial charge >= 0.3 is 24.3 Å². The van der Waals surface area contributed by atoms with E-state index in [4.69, 9.17) is 24.5 Å². The molecule has 2 aliphatic heterocycles. The average Bonchev–Trinajstić information content (AvgIpc) is 3.26. The van der Waals surface area contributed by atoms with Gasteiger partial charge in [-0.1, -0.05) is 0 Å². The van der Waals surface area contributed by atoms with Gasteiger partial charge < -0.3 is 20.3 Å². The molecule has 1 amide bonds. The number of rotatable bonds is 5. The Labute approximate surface area is 228 Å². The van der Waals surface area contributed by atoms with Crippen LogP contribution in [-0.2, 0) is 20.9 Å². The minimum Gasteiger partial charge on any atom is -0.475 e. The zero-order valence-electron chi connectivity index (χ0n) is 21.0. The third-order valence-electron chi connectivity index (χ3n) is 5.83. The van der Waals surface area contributed by atoms with E-state index in [1.54, 1.807) is 35.9 Å². The van der Waals surface area contributed by atoms with Crippen LogP contribution >= 0.6 is 11.3 Å². The van der Waals surface area contributed by atoms with Gasteiger partial charge in [0.2, 0.25) is 0 Å². The zero-order chi connectivity index (χ0) is 30.1. The first-order valence-electron chi connectivity index (χ1n) is 11.6. The lowest BCUT2D eigenvalue weighted by molar-refractivity contribution is -0.193. The Balaban J connectivity index is 0.000000333. The monoisotopic (exact) mass is 600 g/mol. The van der Waals surface area contributed by atoms with Crippen molar-refractivity contribution in [2.75, 3.05) is 26.2 Å². The van der Waals surface area contributed by atoms with Crippen LogP contribution < -0.4 is 5.32 Å². The maximum absolute atomic E-state index is 12.1. The fourth-order valence-electron chi connectivity index (χ4n) is 3.73. The van der Waals surface area contributed by atoms with Crippen molar-refractivity contribution in [2.45, 2.75) is 44.3 Å². The van der Waals surface area contributed by atoms with Crippen molar-refractivity contribution in [3.05, 3.63) is 46.2 Å². The molecule has 0 saturated carbocycles. The standard InChI is InChI=1S/C19H24N4O2S.2C2HF3O2/c1-14-17(26-13-22-14)9-23-11-19(12-23)5-4-15(10-25-19)7-21-18(24)16-3-2-6-20-8-16;2*3-2(4,5)1(6)7/h2-3,6,8,13,15H,4-5,7,9-12H2,1H3,(H,21,24);2*(H,6,7). The molecule has 10 nitrogen and oxygen atoms in total. The molecular weight excluding hydrogens is 574 g/mol. The minimum absolute atomic E-state index is 0.0302. The zero-order valence-corrected chi connectivity index (χ0v) is 21.8. The van der Waals surface area contributed by atoms with Crippen LogP contribution in [0.1, 0.15) is 33.8 Å². The van der Waals surface area contributed by atoms with Crippen LogP contribution in [0.15, 0.2) is 30.0 Å². The maximum atomic E-state index is 12.1. The summed E-state index contributed by atoms with van der Waals surface area (Å²) in [6, 6.07) is 3.56. The first-order chi connectivity index (χ1) is 18.5. The molecule has 17 heteroatoms. The highest BCUT2D eigenvalue weighted by Crippen LogP contribution is 2.37. The molecule has 222 valence electrons. The third-order valence-corrected chi connectivity index (χ3v) is 6.75. The van der Waals surface area contributed by atoms with Gasteiger partial charge in [-0.25, -0.2) is 14.6 Å². The highest BCUT2D eigenvalue weighted by atomic mass is 32.1. The van der Waals surface area contributed by atoms with E-state index in [2.05, 4.69) is 27.1 Å². The number of nitrogens with zero attached hydrogens (tertiary/aromatic N) is 3. The van der Waals surface area contributed by atoms with Gasteiger partial charge in [-0.05, 0) is 37.8 Å². The SMILES string of the molecule is Cc1ncsc1CN1CC2(CCC(CNC(=O)c3cccnc3)CO2)C1.O=C(O)C(F)(F)F.O=C(O)C(F)(F)F. The minimum atomic E-state index is -5.08. The van der Waals surface area contributed by atoms with Gasteiger partial charge in [0, 0.05) is 43.4 Å². The summed E-state index contributed by atoms with van der Waals surface area (Å²) in [4.78, 5) is 42.0. The summed E-state index contributed by atoms with van der Waals surface area (Å²) in [5, 5.41) is 17.3. The second-order valence-electron chi connectivity index (χ2n) is 8.96. The summed E-state index contributed by atoms with van der Waals surface area (Å²) in [5.41, 5.74) is 3.70. The number of halogens is 6. The first kappa shape index (κ1) is 32.9. The molecule has 2 saturated heterocycles. The molecule has 3 N–H and O–H groups in total. The van der Waals surface area contributed by atoms with Crippen molar-refractivity contribution >= 4 is 29.2 Å². The fourth-order valence-corrected chi connectivity index (χ4v) is 4.54.